The Bertz CT molecular complexity index is 898. The van der Waals surface area contributed by atoms with Gasteiger partial charge in [0.25, 0.3) is 5.91 Å². The first-order valence-corrected chi connectivity index (χ1v) is 8.14. The van der Waals surface area contributed by atoms with E-state index in [4.69, 9.17) is 13.9 Å². The molecule has 3 rings (SSSR count). The zero-order valence-electron chi connectivity index (χ0n) is 14.5. The molecule has 6 heteroatoms. The van der Waals surface area contributed by atoms with Crippen LogP contribution in [-0.4, -0.2) is 25.9 Å². The maximum absolute atomic E-state index is 12.1. The van der Waals surface area contributed by atoms with Crippen LogP contribution >= 0.6 is 0 Å². The molecular weight excluding hydrogens is 334 g/mol. The van der Waals surface area contributed by atoms with Crippen molar-refractivity contribution in [3.05, 3.63) is 59.9 Å². The van der Waals surface area contributed by atoms with Gasteiger partial charge < -0.3 is 19.2 Å². The SMILES string of the molecule is COc1ccc(OCC(=O)N[C@H](C)c2cc3ccccc3o2)c(C=O)c1. The van der Waals surface area contributed by atoms with Gasteiger partial charge in [-0.1, -0.05) is 18.2 Å². The van der Waals surface area contributed by atoms with Gasteiger partial charge in [-0.2, -0.15) is 0 Å². The molecule has 134 valence electrons. The Labute approximate surface area is 150 Å². The number of fused-ring (bicyclic) bond motifs is 1. The fourth-order valence-corrected chi connectivity index (χ4v) is 2.59. The monoisotopic (exact) mass is 353 g/mol. The Morgan fingerprint density at radius 2 is 2.04 bits per heavy atom. The average molecular weight is 353 g/mol. The highest BCUT2D eigenvalue weighted by atomic mass is 16.5. The summed E-state index contributed by atoms with van der Waals surface area (Å²) in [5.41, 5.74) is 1.09. The Balaban J connectivity index is 1.61. The molecule has 1 N–H and O–H groups in total. The average Bonchev–Trinajstić information content (AvgIpc) is 3.10. The lowest BCUT2D eigenvalue weighted by molar-refractivity contribution is -0.123. The molecule has 0 saturated carbocycles. The second-order valence-electron chi connectivity index (χ2n) is 5.79. The van der Waals surface area contributed by atoms with Crippen LogP contribution in [-0.2, 0) is 4.79 Å². The second kappa shape index (κ2) is 7.74. The van der Waals surface area contributed by atoms with Crippen LogP contribution in [0.3, 0.4) is 0 Å². The lowest BCUT2D eigenvalue weighted by Gasteiger charge is -2.13. The van der Waals surface area contributed by atoms with Crippen molar-refractivity contribution in [1.82, 2.24) is 5.32 Å². The summed E-state index contributed by atoms with van der Waals surface area (Å²) in [5.74, 6) is 1.22. The predicted octanol–water partition coefficient (Wildman–Crippen LogP) is 3.51. The lowest BCUT2D eigenvalue weighted by atomic mass is 10.2. The number of carbonyl (C=O) groups excluding carboxylic acids is 2. The summed E-state index contributed by atoms with van der Waals surface area (Å²) in [4.78, 5) is 23.3. The van der Waals surface area contributed by atoms with E-state index in [-0.39, 0.29) is 18.6 Å². The smallest absolute Gasteiger partial charge is 0.258 e. The molecule has 0 radical (unpaired) electrons. The number of hydrogen-bond donors (Lipinski definition) is 1. The van der Waals surface area contributed by atoms with Crippen molar-refractivity contribution >= 4 is 23.2 Å². The van der Waals surface area contributed by atoms with E-state index in [1.54, 1.807) is 18.2 Å². The molecule has 0 aliphatic carbocycles. The third-order valence-corrected chi connectivity index (χ3v) is 3.95. The maximum atomic E-state index is 12.1. The Kier molecular flexibility index (Phi) is 5.22. The number of furan rings is 1. The topological polar surface area (TPSA) is 77.8 Å². The third-order valence-electron chi connectivity index (χ3n) is 3.95. The zero-order valence-corrected chi connectivity index (χ0v) is 14.5. The highest BCUT2D eigenvalue weighted by molar-refractivity contribution is 5.82. The van der Waals surface area contributed by atoms with E-state index in [1.165, 1.54) is 7.11 Å². The number of rotatable bonds is 7. The molecule has 3 aromatic rings. The molecule has 0 bridgehead atoms. The molecule has 0 saturated heterocycles. The van der Waals surface area contributed by atoms with E-state index >= 15 is 0 Å². The number of benzene rings is 2. The number of amides is 1. The summed E-state index contributed by atoms with van der Waals surface area (Å²) in [7, 11) is 1.51. The predicted molar refractivity (Wildman–Crippen MR) is 96.6 cm³/mol. The summed E-state index contributed by atoms with van der Waals surface area (Å²) in [6.45, 7) is 1.62. The zero-order chi connectivity index (χ0) is 18.5. The minimum Gasteiger partial charge on any atom is -0.497 e. The molecule has 0 unspecified atom stereocenters. The standard InChI is InChI=1S/C20H19NO5/c1-13(19-10-14-5-3-4-6-18(14)26-19)21-20(23)12-25-17-8-7-16(24-2)9-15(17)11-22/h3-11,13H,12H2,1-2H3,(H,21,23)/t13-/m1/s1. The molecule has 26 heavy (non-hydrogen) atoms. The van der Waals surface area contributed by atoms with Crippen LogP contribution in [0.25, 0.3) is 11.0 Å². The number of para-hydroxylation sites is 1. The highest BCUT2D eigenvalue weighted by Gasteiger charge is 2.15. The minimum absolute atomic E-state index is 0.211. The normalized spacial score (nSPS) is 11.8. The fourth-order valence-electron chi connectivity index (χ4n) is 2.59. The van der Waals surface area contributed by atoms with Crippen LogP contribution in [0.15, 0.2) is 52.9 Å². The highest BCUT2D eigenvalue weighted by Crippen LogP contribution is 2.24. The first-order valence-electron chi connectivity index (χ1n) is 8.14. The first kappa shape index (κ1) is 17.5. The van der Waals surface area contributed by atoms with Crippen molar-refractivity contribution in [2.75, 3.05) is 13.7 Å². The van der Waals surface area contributed by atoms with Crippen molar-refractivity contribution < 1.29 is 23.5 Å². The summed E-state index contributed by atoms with van der Waals surface area (Å²) in [5, 5.41) is 3.80. The summed E-state index contributed by atoms with van der Waals surface area (Å²) >= 11 is 0. The Morgan fingerprint density at radius 3 is 2.77 bits per heavy atom. The number of hydrogen-bond acceptors (Lipinski definition) is 5. The van der Waals surface area contributed by atoms with Crippen LogP contribution in [0.2, 0.25) is 0 Å². The first-order chi connectivity index (χ1) is 12.6. The lowest BCUT2D eigenvalue weighted by Crippen LogP contribution is -2.31. The van der Waals surface area contributed by atoms with Gasteiger partial charge in [0.15, 0.2) is 12.9 Å². The van der Waals surface area contributed by atoms with E-state index in [0.29, 0.717) is 29.1 Å². The number of ether oxygens (including phenoxy) is 2. The number of carbonyl (C=O) groups is 2. The minimum atomic E-state index is -0.314. The van der Waals surface area contributed by atoms with Gasteiger partial charge in [-0.05, 0) is 37.3 Å². The van der Waals surface area contributed by atoms with Crippen molar-refractivity contribution in [2.24, 2.45) is 0 Å². The van der Waals surface area contributed by atoms with E-state index < -0.39 is 0 Å². The Hall–Kier alpha value is -3.28. The summed E-state index contributed by atoms with van der Waals surface area (Å²) in [6, 6.07) is 14.1. The largest absolute Gasteiger partial charge is 0.497 e. The van der Waals surface area contributed by atoms with Gasteiger partial charge in [0, 0.05) is 5.39 Å². The maximum Gasteiger partial charge on any atom is 0.258 e. The number of aldehydes is 1. The molecular formula is C20H19NO5. The third kappa shape index (κ3) is 3.85. The molecule has 2 aromatic carbocycles. The molecule has 0 aliphatic heterocycles. The molecule has 0 aliphatic rings. The van der Waals surface area contributed by atoms with Gasteiger partial charge in [0.2, 0.25) is 0 Å². The van der Waals surface area contributed by atoms with Gasteiger partial charge in [-0.15, -0.1) is 0 Å². The van der Waals surface area contributed by atoms with Crippen molar-refractivity contribution in [3.8, 4) is 11.5 Å². The van der Waals surface area contributed by atoms with Gasteiger partial charge in [-0.25, -0.2) is 0 Å². The van der Waals surface area contributed by atoms with E-state index in [0.717, 1.165) is 11.0 Å². The summed E-state index contributed by atoms with van der Waals surface area (Å²) < 4.78 is 16.3. The van der Waals surface area contributed by atoms with Crippen LogP contribution in [0.5, 0.6) is 11.5 Å². The Morgan fingerprint density at radius 1 is 1.23 bits per heavy atom. The molecule has 1 atom stereocenters. The van der Waals surface area contributed by atoms with Crippen LogP contribution in [0.1, 0.15) is 29.1 Å². The molecule has 1 amide bonds. The fraction of sp³-hybridized carbons (Fsp3) is 0.200. The van der Waals surface area contributed by atoms with Crippen LogP contribution < -0.4 is 14.8 Å². The van der Waals surface area contributed by atoms with E-state index in [2.05, 4.69) is 5.32 Å². The molecule has 1 aromatic heterocycles. The van der Waals surface area contributed by atoms with Gasteiger partial charge in [0.1, 0.15) is 22.8 Å². The van der Waals surface area contributed by atoms with Crippen LogP contribution in [0.4, 0.5) is 0 Å². The van der Waals surface area contributed by atoms with Crippen LogP contribution in [0, 0.1) is 0 Å². The number of methoxy groups -OCH3 is 1. The molecule has 1 heterocycles. The van der Waals surface area contributed by atoms with E-state index in [1.807, 2.05) is 37.3 Å². The molecule has 0 spiro atoms. The second-order valence-corrected chi connectivity index (χ2v) is 5.79. The van der Waals surface area contributed by atoms with E-state index in [9.17, 15) is 9.59 Å². The molecule has 6 nitrogen and oxygen atoms in total. The van der Waals surface area contributed by atoms with Crippen molar-refractivity contribution in [3.63, 3.8) is 0 Å². The van der Waals surface area contributed by atoms with Crippen molar-refractivity contribution in [2.45, 2.75) is 13.0 Å². The quantitative estimate of drug-likeness (QED) is 0.658. The molecule has 0 fully saturated rings. The summed E-state index contributed by atoms with van der Waals surface area (Å²) in [6.07, 6.45) is 0.660. The van der Waals surface area contributed by atoms with Gasteiger partial charge in [-0.3, -0.25) is 9.59 Å². The van der Waals surface area contributed by atoms with Crippen molar-refractivity contribution in [1.29, 1.82) is 0 Å². The van der Waals surface area contributed by atoms with Gasteiger partial charge >= 0.3 is 0 Å². The number of nitrogens with one attached hydrogen (secondary N) is 1. The van der Waals surface area contributed by atoms with Gasteiger partial charge in [0.05, 0.1) is 18.7 Å².